The molecule has 0 aliphatic rings. The van der Waals surface area contributed by atoms with Gasteiger partial charge in [0.25, 0.3) is 0 Å². The zero-order valence-corrected chi connectivity index (χ0v) is 29.1. The average Bonchev–Trinajstić information content (AvgIpc) is 3.67. The lowest BCUT2D eigenvalue weighted by Gasteiger charge is -2.11. The molecule has 0 amide bonds. The van der Waals surface area contributed by atoms with Gasteiger partial charge in [-0.15, -0.1) is 0 Å². The Kier molecular flexibility index (Phi) is 9.14. The van der Waals surface area contributed by atoms with Gasteiger partial charge in [-0.2, -0.15) is 0 Å². The quantitative estimate of drug-likeness (QED) is 0.187. The highest BCUT2D eigenvalue weighted by Crippen LogP contribution is 2.42. The first-order valence-corrected chi connectivity index (χ1v) is 17.1. The molecule has 9 aromatic rings. The van der Waals surface area contributed by atoms with E-state index in [9.17, 15) is 0 Å². The number of hydrogen-bond donors (Lipinski definition) is 0. The van der Waals surface area contributed by atoms with Crippen LogP contribution in [0.4, 0.5) is 0 Å². The van der Waals surface area contributed by atoms with Gasteiger partial charge in [-0.1, -0.05) is 145 Å². The van der Waals surface area contributed by atoms with Gasteiger partial charge in [0.2, 0.25) is 0 Å². The summed E-state index contributed by atoms with van der Waals surface area (Å²) in [6, 6.07) is 55.2. The van der Waals surface area contributed by atoms with Crippen molar-refractivity contribution in [1.29, 1.82) is 0 Å². The Morgan fingerprint density at radius 1 is 0.500 bits per heavy atom. The maximum atomic E-state index is 4.75. The summed E-state index contributed by atoms with van der Waals surface area (Å²) in [5, 5.41) is 4.89. The molecule has 0 fully saturated rings. The summed E-state index contributed by atoms with van der Waals surface area (Å²) in [5.41, 5.74) is 12.1. The van der Waals surface area contributed by atoms with Gasteiger partial charge in [-0.3, -0.25) is 4.57 Å². The lowest BCUT2D eigenvalue weighted by atomic mass is 10.1. The van der Waals surface area contributed by atoms with Gasteiger partial charge < -0.3 is 4.57 Å². The lowest BCUT2D eigenvalue weighted by Crippen LogP contribution is -1.96. The number of benzene rings is 6. The van der Waals surface area contributed by atoms with Crippen LogP contribution in [-0.4, -0.2) is 14.1 Å². The van der Waals surface area contributed by atoms with Crippen LogP contribution in [0.15, 0.2) is 171 Å². The van der Waals surface area contributed by atoms with Crippen LogP contribution in [0.2, 0.25) is 0 Å². The van der Waals surface area contributed by atoms with Crippen molar-refractivity contribution in [1.82, 2.24) is 14.1 Å². The minimum absolute atomic E-state index is 0.920. The van der Waals surface area contributed by atoms with Crippen LogP contribution < -0.4 is 0 Å². The van der Waals surface area contributed by atoms with E-state index in [4.69, 9.17) is 4.98 Å². The molecule has 3 heteroatoms. The number of hydrogen-bond acceptors (Lipinski definition) is 1. The molecule has 0 saturated carbocycles. The number of rotatable bonds is 3. The molecule has 0 aliphatic heterocycles. The molecular formula is C47H41N3. The molecule has 50 heavy (non-hydrogen) atoms. The predicted molar refractivity (Wildman–Crippen MR) is 215 cm³/mol. The van der Waals surface area contributed by atoms with Crippen molar-refractivity contribution >= 4 is 49.2 Å². The molecule has 6 aromatic carbocycles. The fourth-order valence-electron chi connectivity index (χ4n) is 6.57. The van der Waals surface area contributed by atoms with Gasteiger partial charge in [-0.05, 0) is 80.1 Å². The zero-order valence-electron chi connectivity index (χ0n) is 29.1. The number of fused-ring (bicyclic) bond motifs is 7. The van der Waals surface area contributed by atoms with Gasteiger partial charge in [0.15, 0.2) is 0 Å². The van der Waals surface area contributed by atoms with Crippen LogP contribution >= 0.6 is 0 Å². The van der Waals surface area contributed by atoms with Crippen LogP contribution in [-0.2, 0) is 0 Å². The minimum atomic E-state index is 0.920. The van der Waals surface area contributed by atoms with E-state index in [1.165, 1.54) is 54.8 Å². The van der Waals surface area contributed by atoms with Gasteiger partial charge in [0, 0.05) is 28.0 Å². The first-order valence-electron chi connectivity index (χ1n) is 17.1. The van der Waals surface area contributed by atoms with Crippen LogP contribution in [0.1, 0.15) is 29.2 Å². The molecule has 3 nitrogen and oxygen atoms in total. The Morgan fingerprint density at radius 3 is 1.72 bits per heavy atom. The highest BCUT2D eigenvalue weighted by molar-refractivity contribution is 6.24. The van der Waals surface area contributed by atoms with Crippen molar-refractivity contribution in [2.45, 2.75) is 27.7 Å². The summed E-state index contributed by atoms with van der Waals surface area (Å²) in [7, 11) is 0. The Balaban J connectivity index is 0.000000216. The van der Waals surface area contributed by atoms with Crippen LogP contribution in [0.5, 0.6) is 0 Å². The summed E-state index contributed by atoms with van der Waals surface area (Å²) < 4.78 is 4.73. The summed E-state index contributed by atoms with van der Waals surface area (Å²) in [4.78, 5) is 4.75. The van der Waals surface area contributed by atoms with Crippen molar-refractivity contribution in [3.8, 4) is 11.5 Å². The van der Waals surface area contributed by atoms with Crippen molar-refractivity contribution in [2.75, 3.05) is 0 Å². The minimum Gasteiger partial charge on any atom is -0.306 e. The third kappa shape index (κ3) is 6.22. The van der Waals surface area contributed by atoms with E-state index in [0.29, 0.717) is 0 Å². The monoisotopic (exact) mass is 647 g/mol. The van der Waals surface area contributed by atoms with Crippen LogP contribution in [0, 0.1) is 20.8 Å². The van der Waals surface area contributed by atoms with Gasteiger partial charge in [0.1, 0.15) is 5.82 Å². The SMILES string of the molecule is C=C(C)c1ccc(-n2c3c4ccccc4ccc3c3c2c2ccccc2n3-c2ccccn2)cc1.Cc1ccccc1.Cc1ccccc1C. The molecule has 0 aliphatic carbocycles. The number of para-hydroxylation sites is 1. The van der Waals surface area contributed by atoms with E-state index in [2.05, 4.69) is 164 Å². The average molecular weight is 648 g/mol. The molecular weight excluding hydrogens is 607 g/mol. The maximum Gasteiger partial charge on any atom is 0.137 e. The number of nitrogens with zero attached hydrogens (tertiary/aromatic N) is 3. The smallest absolute Gasteiger partial charge is 0.137 e. The van der Waals surface area contributed by atoms with Crippen molar-refractivity contribution in [3.63, 3.8) is 0 Å². The molecule has 244 valence electrons. The number of aromatic nitrogens is 3. The summed E-state index contributed by atoms with van der Waals surface area (Å²) >= 11 is 0. The van der Waals surface area contributed by atoms with E-state index < -0.39 is 0 Å². The van der Waals surface area contributed by atoms with Crippen molar-refractivity contribution < 1.29 is 0 Å². The molecule has 0 unspecified atom stereocenters. The van der Waals surface area contributed by atoms with E-state index in [-0.39, 0.29) is 0 Å². The summed E-state index contributed by atoms with van der Waals surface area (Å²) in [5.74, 6) is 0.920. The van der Waals surface area contributed by atoms with E-state index in [0.717, 1.165) is 28.2 Å². The van der Waals surface area contributed by atoms with E-state index >= 15 is 0 Å². The number of allylic oxidation sites excluding steroid dienone is 1. The third-order valence-corrected chi connectivity index (χ3v) is 9.31. The molecule has 3 heterocycles. The molecule has 0 bridgehead atoms. The maximum absolute atomic E-state index is 4.75. The predicted octanol–water partition coefficient (Wildman–Crippen LogP) is 12.6. The number of pyridine rings is 1. The summed E-state index contributed by atoms with van der Waals surface area (Å²) in [6.45, 7) is 12.5. The van der Waals surface area contributed by atoms with E-state index in [1.807, 2.05) is 43.5 Å². The Labute approximate surface area is 294 Å². The largest absolute Gasteiger partial charge is 0.306 e. The molecule has 0 atom stereocenters. The Morgan fingerprint density at radius 2 is 1.10 bits per heavy atom. The van der Waals surface area contributed by atoms with E-state index in [1.54, 1.807) is 0 Å². The normalized spacial score (nSPS) is 10.9. The first-order chi connectivity index (χ1) is 24.4. The highest BCUT2D eigenvalue weighted by Gasteiger charge is 2.23. The number of aryl methyl sites for hydroxylation is 3. The zero-order chi connectivity index (χ0) is 34.6. The lowest BCUT2D eigenvalue weighted by molar-refractivity contribution is 1.08. The Bertz CT molecular complexity index is 2550. The van der Waals surface area contributed by atoms with Crippen molar-refractivity contribution in [3.05, 3.63) is 193 Å². The molecule has 3 aromatic heterocycles. The van der Waals surface area contributed by atoms with Crippen molar-refractivity contribution in [2.24, 2.45) is 0 Å². The highest BCUT2D eigenvalue weighted by atomic mass is 15.1. The topological polar surface area (TPSA) is 22.8 Å². The third-order valence-electron chi connectivity index (χ3n) is 9.31. The van der Waals surface area contributed by atoms with Crippen LogP contribution in [0.25, 0.3) is 60.7 Å². The van der Waals surface area contributed by atoms with Crippen LogP contribution in [0.3, 0.4) is 0 Å². The molecule has 0 N–H and O–H groups in total. The molecule has 0 saturated heterocycles. The van der Waals surface area contributed by atoms with Gasteiger partial charge in [0.05, 0.1) is 22.1 Å². The van der Waals surface area contributed by atoms with Gasteiger partial charge >= 0.3 is 0 Å². The molecule has 0 spiro atoms. The first kappa shape index (κ1) is 32.4. The second kappa shape index (κ2) is 14.1. The fourth-order valence-corrected chi connectivity index (χ4v) is 6.57. The second-order valence-corrected chi connectivity index (χ2v) is 12.8. The van der Waals surface area contributed by atoms with Gasteiger partial charge in [-0.25, -0.2) is 4.98 Å². The second-order valence-electron chi connectivity index (χ2n) is 12.8. The standard InChI is InChI=1S/C32H23N3.C8H10.C7H8/c1-21(2)22-14-17-24(18-15-22)34-30-25-10-4-3-9-23(25)16-19-27(30)32-31(34)26-11-5-6-12-28(26)35(32)29-13-7-8-20-33-29;1-7-5-3-4-6-8(7)2;1-7-5-3-2-4-6-7/h3-20H,1H2,2H3;3-6H,1-2H3;2-6H,1H3. The Hall–Kier alpha value is -6.19. The molecule has 9 rings (SSSR count). The fraction of sp³-hybridized carbons (Fsp3) is 0.0851. The summed E-state index contributed by atoms with van der Waals surface area (Å²) in [6.07, 6.45) is 1.86. The molecule has 0 radical (unpaired) electrons.